The molecule has 1 N–H and O–H groups in total. The lowest BCUT2D eigenvalue weighted by Crippen LogP contribution is -2.30. The van der Waals surface area contributed by atoms with Crippen molar-refractivity contribution in [1.82, 2.24) is 5.32 Å². The summed E-state index contributed by atoms with van der Waals surface area (Å²) in [6, 6.07) is 0. The first-order valence-electron chi connectivity index (χ1n) is 5.13. The van der Waals surface area contributed by atoms with Crippen molar-refractivity contribution in [2.75, 3.05) is 6.61 Å². The Bertz CT molecular complexity index is 327. The summed E-state index contributed by atoms with van der Waals surface area (Å²) in [4.78, 5) is 33.1. The van der Waals surface area contributed by atoms with Gasteiger partial charge in [0.25, 0.3) is 5.78 Å². The molecule has 0 saturated carbocycles. The molecule has 0 aliphatic rings. The second-order valence-electron chi connectivity index (χ2n) is 4.06. The van der Waals surface area contributed by atoms with Gasteiger partial charge in [0, 0.05) is 12.3 Å². The lowest BCUT2D eigenvalue weighted by atomic mass is 10.2. The van der Waals surface area contributed by atoms with Crippen molar-refractivity contribution in [2.45, 2.75) is 33.3 Å². The molecule has 0 atom stereocenters. The van der Waals surface area contributed by atoms with Crippen LogP contribution >= 0.6 is 0 Å². The van der Waals surface area contributed by atoms with Crippen LogP contribution in [-0.2, 0) is 19.1 Å². The predicted octanol–water partition coefficient (Wildman–Crippen LogP) is 1.16. The van der Waals surface area contributed by atoms with Crippen LogP contribution < -0.4 is 5.32 Å². The first-order chi connectivity index (χ1) is 7.76. The number of hydrogen-bond donors (Lipinski definition) is 1. The molecular weight excluding hydrogens is 226 g/mol. The van der Waals surface area contributed by atoms with Gasteiger partial charge < -0.3 is 9.47 Å². The van der Waals surface area contributed by atoms with Crippen molar-refractivity contribution in [3.05, 3.63) is 12.3 Å². The number of ether oxygens (including phenoxy) is 2. The second-order valence-corrected chi connectivity index (χ2v) is 4.06. The monoisotopic (exact) mass is 243 g/mol. The zero-order chi connectivity index (χ0) is 13.5. The Hall–Kier alpha value is -1.85. The number of carbonyl (C=O) groups excluding carboxylic acids is 3. The number of esters is 1. The molecular formula is C11H17NO5. The van der Waals surface area contributed by atoms with Gasteiger partial charge in [0.1, 0.15) is 5.60 Å². The molecule has 17 heavy (non-hydrogen) atoms. The molecule has 0 fully saturated rings. The summed E-state index contributed by atoms with van der Waals surface area (Å²) in [7, 11) is 0. The molecule has 0 radical (unpaired) electrons. The lowest BCUT2D eigenvalue weighted by molar-refractivity contribution is -0.151. The highest BCUT2D eigenvalue weighted by Gasteiger charge is 2.15. The van der Waals surface area contributed by atoms with Crippen molar-refractivity contribution in [2.24, 2.45) is 0 Å². The molecule has 1 amide bonds. The zero-order valence-corrected chi connectivity index (χ0v) is 10.4. The summed E-state index contributed by atoms with van der Waals surface area (Å²) >= 11 is 0. The average Bonchev–Trinajstić information content (AvgIpc) is 2.14. The third-order valence-electron chi connectivity index (χ3n) is 1.31. The van der Waals surface area contributed by atoms with Crippen LogP contribution in [0.25, 0.3) is 0 Å². The first-order valence-corrected chi connectivity index (χ1v) is 5.13. The molecule has 0 aliphatic carbocycles. The Morgan fingerprint density at radius 3 is 2.29 bits per heavy atom. The van der Waals surface area contributed by atoms with E-state index < -0.39 is 23.4 Å². The maximum Gasteiger partial charge on any atom is 0.411 e. The number of carbonyl (C=O) groups is 3. The molecule has 0 aromatic carbocycles. The number of alkyl carbamates (subject to hydrolysis) is 1. The third kappa shape index (κ3) is 8.01. The first kappa shape index (κ1) is 15.2. The Balaban J connectivity index is 4.07. The van der Waals surface area contributed by atoms with Crippen molar-refractivity contribution >= 4 is 17.8 Å². The minimum atomic E-state index is -0.963. The number of hydrogen-bond acceptors (Lipinski definition) is 5. The van der Waals surface area contributed by atoms with E-state index in [1.165, 1.54) is 0 Å². The van der Waals surface area contributed by atoms with Gasteiger partial charge in [0.05, 0.1) is 6.61 Å². The fourth-order valence-corrected chi connectivity index (χ4v) is 0.763. The standard InChI is InChI=1S/C11H17NO5/c1-5-16-9(14)8(13)6-7-12-10(15)17-11(2,3)4/h6-7H,5H2,1-4H3,(H,12,15)/b7-6+. The summed E-state index contributed by atoms with van der Waals surface area (Å²) in [5.74, 6) is -1.81. The normalized spacial score (nSPS) is 11.1. The maximum atomic E-state index is 11.1. The smallest absolute Gasteiger partial charge is 0.411 e. The molecule has 0 aromatic rings. The molecule has 0 unspecified atom stereocenters. The summed E-state index contributed by atoms with van der Waals surface area (Å²) in [5.41, 5.74) is -0.622. The van der Waals surface area contributed by atoms with Crippen LogP contribution in [0, 0.1) is 0 Å². The molecule has 0 heterocycles. The Morgan fingerprint density at radius 1 is 1.24 bits per heavy atom. The van der Waals surface area contributed by atoms with Gasteiger partial charge in [-0.05, 0) is 27.7 Å². The van der Waals surface area contributed by atoms with Gasteiger partial charge in [0.2, 0.25) is 0 Å². The van der Waals surface area contributed by atoms with E-state index in [1.807, 2.05) is 0 Å². The number of amides is 1. The largest absolute Gasteiger partial charge is 0.460 e. The van der Waals surface area contributed by atoms with Crippen LogP contribution in [0.5, 0.6) is 0 Å². The van der Waals surface area contributed by atoms with Crippen LogP contribution in [-0.4, -0.2) is 30.1 Å². The van der Waals surface area contributed by atoms with Crippen LogP contribution in [0.1, 0.15) is 27.7 Å². The lowest BCUT2D eigenvalue weighted by Gasteiger charge is -2.18. The molecule has 6 heteroatoms. The van der Waals surface area contributed by atoms with E-state index >= 15 is 0 Å². The van der Waals surface area contributed by atoms with Crippen molar-refractivity contribution in [3.63, 3.8) is 0 Å². The van der Waals surface area contributed by atoms with Crippen molar-refractivity contribution in [1.29, 1.82) is 0 Å². The Morgan fingerprint density at radius 2 is 1.82 bits per heavy atom. The molecule has 0 saturated heterocycles. The van der Waals surface area contributed by atoms with Gasteiger partial charge >= 0.3 is 12.1 Å². The molecule has 0 aliphatic heterocycles. The van der Waals surface area contributed by atoms with Gasteiger partial charge in [-0.3, -0.25) is 10.1 Å². The molecule has 96 valence electrons. The van der Waals surface area contributed by atoms with E-state index in [0.717, 1.165) is 12.3 Å². The highest BCUT2D eigenvalue weighted by Crippen LogP contribution is 2.06. The van der Waals surface area contributed by atoms with Gasteiger partial charge in [-0.2, -0.15) is 0 Å². The SMILES string of the molecule is CCOC(=O)C(=O)/C=C/NC(=O)OC(C)(C)C. The van der Waals surface area contributed by atoms with Crippen LogP contribution in [0.15, 0.2) is 12.3 Å². The van der Waals surface area contributed by atoms with E-state index in [-0.39, 0.29) is 6.61 Å². The van der Waals surface area contributed by atoms with E-state index in [2.05, 4.69) is 10.1 Å². The van der Waals surface area contributed by atoms with E-state index in [4.69, 9.17) is 4.74 Å². The molecule has 0 bridgehead atoms. The Labute approximate surface area is 100.0 Å². The number of nitrogens with one attached hydrogen (secondary N) is 1. The highest BCUT2D eigenvalue weighted by atomic mass is 16.6. The van der Waals surface area contributed by atoms with Crippen molar-refractivity contribution in [3.8, 4) is 0 Å². The number of rotatable bonds is 4. The van der Waals surface area contributed by atoms with E-state index in [0.29, 0.717) is 0 Å². The summed E-state index contributed by atoms with van der Waals surface area (Å²) in [6.07, 6.45) is 1.24. The van der Waals surface area contributed by atoms with Crippen molar-refractivity contribution < 1.29 is 23.9 Å². The number of ketones is 1. The minimum Gasteiger partial charge on any atom is -0.460 e. The Kier molecular flexibility index (Phi) is 5.95. The van der Waals surface area contributed by atoms with Crippen LogP contribution in [0.3, 0.4) is 0 Å². The fourth-order valence-electron chi connectivity index (χ4n) is 0.763. The topological polar surface area (TPSA) is 81.7 Å². The molecule has 0 spiro atoms. The van der Waals surface area contributed by atoms with Gasteiger partial charge in [0.15, 0.2) is 0 Å². The van der Waals surface area contributed by atoms with Gasteiger partial charge in [-0.15, -0.1) is 0 Å². The molecule has 0 rings (SSSR count). The second kappa shape index (κ2) is 6.67. The third-order valence-corrected chi connectivity index (χ3v) is 1.31. The average molecular weight is 243 g/mol. The van der Waals surface area contributed by atoms with Gasteiger partial charge in [-0.25, -0.2) is 9.59 Å². The quantitative estimate of drug-likeness (QED) is 0.455. The van der Waals surface area contributed by atoms with Gasteiger partial charge in [-0.1, -0.05) is 0 Å². The molecule has 0 aromatic heterocycles. The molecule has 6 nitrogen and oxygen atoms in total. The summed E-state index contributed by atoms with van der Waals surface area (Å²) < 4.78 is 9.36. The maximum absolute atomic E-state index is 11.1. The minimum absolute atomic E-state index is 0.123. The predicted molar refractivity (Wildman–Crippen MR) is 60.1 cm³/mol. The highest BCUT2D eigenvalue weighted by molar-refractivity contribution is 6.38. The van der Waals surface area contributed by atoms with Crippen LogP contribution in [0.4, 0.5) is 4.79 Å². The van der Waals surface area contributed by atoms with Crippen LogP contribution in [0.2, 0.25) is 0 Å². The summed E-state index contributed by atoms with van der Waals surface area (Å²) in [5, 5.41) is 2.20. The fraction of sp³-hybridized carbons (Fsp3) is 0.545. The van der Waals surface area contributed by atoms with E-state index in [1.54, 1.807) is 27.7 Å². The van der Waals surface area contributed by atoms with E-state index in [9.17, 15) is 14.4 Å². The zero-order valence-electron chi connectivity index (χ0n) is 10.4. The summed E-state index contributed by atoms with van der Waals surface area (Å²) in [6.45, 7) is 6.84.